The second-order valence-electron chi connectivity index (χ2n) is 4.92. The molecule has 0 saturated heterocycles. The molecule has 2 aromatic carbocycles. The smallest absolute Gasteiger partial charge is 0.161 e. The van der Waals surface area contributed by atoms with Crippen LogP contribution in [0.4, 0.5) is 5.82 Å². The molecule has 4 heteroatoms. The molecule has 0 atom stereocenters. The van der Waals surface area contributed by atoms with Gasteiger partial charge < -0.3 is 14.8 Å². The van der Waals surface area contributed by atoms with Crippen LogP contribution in [0.15, 0.2) is 54.7 Å². The summed E-state index contributed by atoms with van der Waals surface area (Å²) in [6.45, 7) is 0.668. The molecule has 112 valence electrons. The largest absolute Gasteiger partial charge is 0.493 e. The fourth-order valence-corrected chi connectivity index (χ4v) is 2.44. The quantitative estimate of drug-likeness (QED) is 0.776. The van der Waals surface area contributed by atoms with E-state index in [0.717, 1.165) is 28.3 Å². The second kappa shape index (κ2) is 6.35. The van der Waals surface area contributed by atoms with Crippen molar-refractivity contribution in [1.29, 1.82) is 0 Å². The lowest BCUT2D eigenvalue weighted by molar-refractivity contribution is 0.354. The van der Waals surface area contributed by atoms with Gasteiger partial charge in [0.2, 0.25) is 0 Å². The summed E-state index contributed by atoms with van der Waals surface area (Å²) < 4.78 is 10.6. The number of ether oxygens (including phenoxy) is 2. The fourth-order valence-electron chi connectivity index (χ4n) is 2.44. The first-order valence-electron chi connectivity index (χ1n) is 7.10. The summed E-state index contributed by atoms with van der Waals surface area (Å²) in [6, 6.07) is 16.1. The molecule has 0 aliphatic carbocycles. The summed E-state index contributed by atoms with van der Waals surface area (Å²) in [6.07, 6.45) is 1.82. The minimum absolute atomic E-state index is 0.668. The molecule has 3 rings (SSSR count). The topological polar surface area (TPSA) is 43.4 Å². The summed E-state index contributed by atoms with van der Waals surface area (Å²) in [5.41, 5.74) is 1.10. The number of fused-ring (bicyclic) bond motifs is 1. The average Bonchev–Trinajstić information content (AvgIpc) is 2.59. The molecule has 0 radical (unpaired) electrons. The molecule has 1 heterocycles. The highest BCUT2D eigenvalue weighted by Gasteiger charge is 2.06. The summed E-state index contributed by atoms with van der Waals surface area (Å²) in [5, 5.41) is 5.67. The Morgan fingerprint density at radius 2 is 1.77 bits per heavy atom. The predicted molar refractivity (Wildman–Crippen MR) is 88.6 cm³/mol. The minimum atomic E-state index is 0.668. The van der Waals surface area contributed by atoms with Crippen molar-refractivity contribution in [2.24, 2.45) is 0 Å². The SMILES string of the molecule is COc1ccc(CNc2nccc3ccccc23)cc1OC. The van der Waals surface area contributed by atoms with Crippen LogP contribution in [-0.2, 0) is 6.54 Å². The number of anilines is 1. The monoisotopic (exact) mass is 294 g/mol. The molecule has 0 spiro atoms. The number of hydrogen-bond donors (Lipinski definition) is 1. The molecule has 0 saturated carbocycles. The molecule has 1 aromatic heterocycles. The second-order valence-corrected chi connectivity index (χ2v) is 4.92. The van der Waals surface area contributed by atoms with Crippen molar-refractivity contribution in [2.75, 3.05) is 19.5 Å². The van der Waals surface area contributed by atoms with Crippen molar-refractivity contribution >= 4 is 16.6 Å². The molecule has 0 fully saturated rings. The fraction of sp³-hybridized carbons (Fsp3) is 0.167. The van der Waals surface area contributed by atoms with Crippen molar-refractivity contribution < 1.29 is 9.47 Å². The van der Waals surface area contributed by atoms with E-state index in [4.69, 9.17) is 9.47 Å². The average molecular weight is 294 g/mol. The van der Waals surface area contributed by atoms with Gasteiger partial charge in [-0.1, -0.05) is 30.3 Å². The van der Waals surface area contributed by atoms with Gasteiger partial charge in [-0.25, -0.2) is 4.98 Å². The molecule has 1 N–H and O–H groups in total. The van der Waals surface area contributed by atoms with Crippen LogP contribution in [-0.4, -0.2) is 19.2 Å². The van der Waals surface area contributed by atoms with Gasteiger partial charge in [0.1, 0.15) is 5.82 Å². The number of methoxy groups -OCH3 is 2. The normalized spacial score (nSPS) is 10.5. The Kier molecular flexibility index (Phi) is 4.10. The van der Waals surface area contributed by atoms with E-state index in [2.05, 4.69) is 22.4 Å². The maximum absolute atomic E-state index is 5.33. The number of aromatic nitrogens is 1. The Balaban J connectivity index is 1.82. The highest BCUT2D eigenvalue weighted by molar-refractivity contribution is 5.91. The van der Waals surface area contributed by atoms with Gasteiger partial charge in [-0.2, -0.15) is 0 Å². The van der Waals surface area contributed by atoms with E-state index in [0.29, 0.717) is 6.54 Å². The van der Waals surface area contributed by atoms with E-state index in [-0.39, 0.29) is 0 Å². The van der Waals surface area contributed by atoms with Crippen LogP contribution in [0.1, 0.15) is 5.56 Å². The van der Waals surface area contributed by atoms with Crippen LogP contribution in [0.25, 0.3) is 10.8 Å². The lowest BCUT2D eigenvalue weighted by atomic mass is 10.1. The lowest BCUT2D eigenvalue weighted by Crippen LogP contribution is -2.02. The number of benzene rings is 2. The molecular formula is C18H18N2O2. The Bertz CT molecular complexity index is 782. The third-order valence-electron chi connectivity index (χ3n) is 3.58. The summed E-state index contributed by atoms with van der Waals surface area (Å²) in [4.78, 5) is 4.43. The van der Waals surface area contributed by atoms with Gasteiger partial charge in [0, 0.05) is 18.1 Å². The zero-order chi connectivity index (χ0) is 15.4. The molecule has 3 aromatic rings. The lowest BCUT2D eigenvalue weighted by Gasteiger charge is -2.11. The van der Waals surface area contributed by atoms with Gasteiger partial charge in [-0.15, -0.1) is 0 Å². The van der Waals surface area contributed by atoms with Crippen LogP contribution < -0.4 is 14.8 Å². The number of hydrogen-bond acceptors (Lipinski definition) is 4. The van der Waals surface area contributed by atoms with Gasteiger partial charge in [0.05, 0.1) is 14.2 Å². The summed E-state index contributed by atoms with van der Waals surface area (Å²) in [5.74, 6) is 2.34. The van der Waals surface area contributed by atoms with Crippen molar-refractivity contribution in [2.45, 2.75) is 6.54 Å². The van der Waals surface area contributed by atoms with E-state index < -0.39 is 0 Å². The van der Waals surface area contributed by atoms with Gasteiger partial charge in [-0.05, 0) is 29.1 Å². The first-order valence-corrected chi connectivity index (χ1v) is 7.10. The maximum Gasteiger partial charge on any atom is 0.161 e. The van der Waals surface area contributed by atoms with E-state index in [1.807, 2.05) is 42.6 Å². The Morgan fingerprint density at radius 1 is 0.955 bits per heavy atom. The Morgan fingerprint density at radius 3 is 2.59 bits per heavy atom. The maximum atomic E-state index is 5.33. The van der Waals surface area contributed by atoms with Gasteiger partial charge in [0.25, 0.3) is 0 Å². The van der Waals surface area contributed by atoms with Crippen LogP contribution in [0.3, 0.4) is 0 Å². The third-order valence-corrected chi connectivity index (χ3v) is 3.58. The molecule has 0 unspecified atom stereocenters. The van der Waals surface area contributed by atoms with E-state index in [9.17, 15) is 0 Å². The standard InChI is InChI=1S/C18H18N2O2/c1-21-16-8-7-13(11-17(16)22-2)12-20-18-15-6-4-3-5-14(15)9-10-19-18/h3-11H,12H2,1-2H3,(H,19,20). The molecular weight excluding hydrogens is 276 g/mol. The van der Waals surface area contributed by atoms with E-state index in [1.165, 1.54) is 5.39 Å². The van der Waals surface area contributed by atoms with Crippen LogP contribution >= 0.6 is 0 Å². The van der Waals surface area contributed by atoms with Gasteiger partial charge >= 0.3 is 0 Å². The van der Waals surface area contributed by atoms with Crippen LogP contribution in [0.2, 0.25) is 0 Å². The zero-order valence-corrected chi connectivity index (χ0v) is 12.7. The molecule has 0 amide bonds. The number of nitrogens with zero attached hydrogens (tertiary/aromatic N) is 1. The number of nitrogens with one attached hydrogen (secondary N) is 1. The van der Waals surface area contributed by atoms with Gasteiger partial charge in [-0.3, -0.25) is 0 Å². The van der Waals surface area contributed by atoms with E-state index >= 15 is 0 Å². The van der Waals surface area contributed by atoms with Gasteiger partial charge in [0.15, 0.2) is 11.5 Å². The number of pyridine rings is 1. The molecule has 0 aliphatic heterocycles. The van der Waals surface area contributed by atoms with Crippen LogP contribution in [0.5, 0.6) is 11.5 Å². The molecule has 0 aliphatic rings. The molecule has 4 nitrogen and oxygen atoms in total. The Hall–Kier alpha value is -2.75. The van der Waals surface area contributed by atoms with Crippen LogP contribution in [0, 0.1) is 0 Å². The highest BCUT2D eigenvalue weighted by Crippen LogP contribution is 2.28. The first-order chi connectivity index (χ1) is 10.8. The van der Waals surface area contributed by atoms with Crippen molar-refractivity contribution in [3.8, 4) is 11.5 Å². The van der Waals surface area contributed by atoms with Crippen molar-refractivity contribution in [3.63, 3.8) is 0 Å². The van der Waals surface area contributed by atoms with Crippen molar-refractivity contribution in [3.05, 3.63) is 60.3 Å². The zero-order valence-electron chi connectivity index (χ0n) is 12.7. The Labute approximate surface area is 129 Å². The minimum Gasteiger partial charge on any atom is -0.493 e. The molecule has 22 heavy (non-hydrogen) atoms. The summed E-state index contributed by atoms with van der Waals surface area (Å²) in [7, 11) is 3.27. The third kappa shape index (κ3) is 2.81. The number of rotatable bonds is 5. The van der Waals surface area contributed by atoms with E-state index in [1.54, 1.807) is 14.2 Å². The van der Waals surface area contributed by atoms with Crippen molar-refractivity contribution in [1.82, 2.24) is 4.98 Å². The first kappa shape index (κ1) is 14.2. The summed E-state index contributed by atoms with van der Waals surface area (Å²) >= 11 is 0. The predicted octanol–water partition coefficient (Wildman–Crippen LogP) is 3.86. The molecule has 0 bridgehead atoms. The highest BCUT2D eigenvalue weighted by atomic mass is 16.5.